The number of hydrogen-bond donors (Lipinski definition) is 2. The molecule has 0 saturated carbocycles. The molecule has 4 heteroatoms. The molecule has 0 fully saturated rings. The van der Waals surface area contributed by atoms with Gasteiger partial charge in [0.1, 0.15) is 0 Å². The molecule has 0 atom stereocenters. The molecule has 154 valence electrons. The molecule has 0 saturated heterocycles. The Kier molecular flexibility index (Phi) is 13.6. The molecule has 0 heterocycles. The minimum Gasteiger partial charge on any atom is -0.400 e. The van der Waals surface area contributed by atoms with E-state index in [0.29, 0.717) is 0 Å². The summed E-state index contributed by atoms with van der Waals surface area (Å²) in [6.07, 6.45) is 0. The van der Waals surface area contributed by atoms with Crippen molar-refractivity contribution in [3.05, 3.63) is 58.7 Å². The molecule has 2 N–H and O–H groups in total. The summed E-state index contributed by atoms with van der Waals surface area (Å²) in [5.41, 5.74) is 5.36. The van der Waals surface area contributed by atoms with Crippen LogP contribution in [0.5, 0.6) is 0 Å². The van der Waals surface area contributed by atoms with Crippen LogP contribution >= 0.6 is 11.8 Å². The van der Waals surface area contributed by atoms with Crippen LogP contribution in [0.1, 0.15) is 63.8 Å². The minimum absolute atomic E-state index is 0. The molecule has 0 radical (unpaired) electrons. The Morgan fingerprint density at radius 3 is 1.18 bits per heavy atom. The number of rotatable bonds is 2. The third kappa shape index (κ3) is 9.76. The molecule has 2 rings (SSSR count). The summed E-state index contributed by atoms with van der Waals surface area (Å²) >= 11 is 1.77. The molecule has 2 aromatic rings. The summed E-state index contributed by atoms with van der Waals surface area (Å²) in [4.78, 5) is 2.35. The molecule has 0 aromatic heterocycles. The fourth-order valence-corrected chi connectivity index (χ4v) is 3.45. The molecule has 2 nitrogen and oxygen atoms in total. The monoisotopic (exact) mass is 436 g/mol. The van der Waals surface area contributed by atoms with Crippen molar-refractivity contribution in [3.63, 3.8) is 0 Å². The third-order valence-electron chi connectivity index (χ3n) is 3.81. The van der Waals surface area contributed by atoms with E-state index in [4.69, 9.17) is 10.2 Å². The van der Waals surface area contributed by atoms with Gasteiger partial charge in [-0.2, -0.15) is 58.7 Å². The van der Waals surface area contributed by atoms with E-state index in [1.165, 1.54) is 32.0 Å². The van der Waals surface area contributed by atoms with Gasteiger partial charge < -0.3 is 10.2 Å². The van der Waals surface area contributed by atoms with Gasteiger partial charge in [0.05, 0.1) is 0 Å². The van der Waals surface area contributed by atoms with Crippen LogP contribution in [0, 0.1) is 26.0 Å². The summed E-state index contributed by atoms with van der Waals surface area (Å²) in [5.74, 6) is 0. The molecule has 2 aromatic carbocycles. The van der Waals surface area contributed by atoms with Crippen molar-refractivity contribution in [3.8, 4) is 0 Å². The average Bonchev–Trinajstić information content (AvgIpc) is 2.56. The van der Waals surface area contributed by atoms with Crippen molar-refractivity contribution in [1.29, 1.82) is 0 Å². The van der Waals surface area contributed by atoms with E-state index in [0.717, 1.165) is 14.2 Å². The normalized spacial score (nSPS) is 10.7. The molecule has 0 aliphatic carbocycles. The summed E-state index contributed by atoms with van der Waals surface area (Å²) in [6, 6.07) is 16.1. The predicted octanol–water partition coefficient (Wildman–Crippen LogP) is 5.86. The molecule has 0 spiro atoms. The Hall–Kier alpha value is -0.576. The van der Waals surface area contributed by atoms with Crippen molar-refractivity contribution >= 4 is 11.8 Å². The van der Waals surface area contributed by atoms with Crippen molar-refractivity contribution < 1.29 is 31.9 Å². The van der Waals surface area contributed by atoms with Crippen LogP contribution in [0.2, 0.25) is 0 Å². The SMILES string of the molecule is CO.CO.Cc1cc(Sc2[c-]c(C(C)(C)C)cc(C)c2)[c-]c(C(C)(C)C)c1.[Ti+2]. The van der Waals surface area contributed by atoms with Gasteiger partial charge in [-0.25, -0.2) is 0 Å². The Bertz CT molecular complexity index is 652. The maximum absolute atomic E-state index is 7.00. The first-order valence-corrected chi connectivity index (χ1v) is 9.93. The molecule has 0 unspecified atom stereocenters. The molecule has 0 bridgehead atoms. The topological polar surface area (TPSA) is 40.5 Å². The van der Waals surface area contributed by atoms with Crippen LogP contribution in [0.4, 0.5) is 0 Å². The maximum Gasteiger partial charge on any atom is 2.00 e. The van der Waals surface area contributed by atoms with Gasteiger partial charge in [-0.3, -0.25) is 0 Å². The zero-order valence-corrected chi connectivity index (χ0v) is 21.5. The van der Waals surface area contributed by atoms with Gasteiger partial charge in [0.15, 0.2) is 0 Å². The van der Waals surface area contributed by atoms with E-state index in [1.807, 2.05) is 0 Å². The average molecular weight is 436 g/mol. The van der Waals surface area contributed by atoms with E-state index in [-0.39, 0.29) is 32.5 Å². The first-order chi connectivity index (χ1) is 12.4. The van der Waals surface area contributed by atoms with Crippen LogP contribution in [-0.2, 0) is 32.5 Å². The Labute approximate surface area is 192 Å². The maximum atomic E-state index is 7.00. The van der Waals surface area contributed by atoms with Crippen LogP contribution < -0.4 is 0 Å². The van der Waals surface area contributed by atoms with Gasteiger partial charge in [-0.15, -0.1) is 21.6 Å². The van der Waals surface area contributed by atoms with Crippen molar-refractivity contribution in [2.45, 2.75) is 76.0 Å². The molecule has 0 aliphatic rings. The summed E-state index contributed by atoms with van der Waals surface area (Å²) in [7, 11) is 2.00. The van der Waals surface area contributed by atoms with Gasteiger partial charge in [0, 0.05) is 14.2 Å². The fourth-order valence-electron chi connectivity index (χ4n) is 2.40. The molecule has 0 amide bonds. The quantitative estimate of drug-likeness (QED) is 0.457. The van der Waals surface area contributed by atoms with Crippen molar-refractivity contribution in [2.24, 2.45) is 0 Å². The zero-order chi connectivity index (χ0) is 21.4. The molecule has 28 heavy (non-hydrogen) atoms. The van der Waals surface area contributed by atoms with Gasteiger partial charge in [-0.05, 0) is 10.8 Å². The largest absolute Gasteiger partial charge is 2.00 e. The second-order valence-corrected chi connectivity index (χ2v) is 9.56. The first kappa shape index (κ1) is 29.6. The summed E-state index contributed by atoms with van der Waals surface area (Å²) in [5, 5.41) is 14.0. The van der Waals surface area contributed by atoms with Gasteiger partial charge in [0.25, 0.3) is 0 Å². The number of aliphatic hydroxyl groups is 2. The minimum atomic E-state index is 0. The smallest absolute Gasteiger partial charge is 0.400 e. The summed E-state index contributed by atoms with van der Waals surface area (Å²) < 4.78 is 0. The third-order valence-corrected chi connectivity index (χ3v) is 4.69. The van der Waals surface area contributed by atoms with Gasteiger partial charge in [0.2, 0.25) is 0 Å². The molecule has 0 aliphatic heterocycles. The summed E-state index contributed by atoms with van der Waals surface area (Å²) in [6.45, 7) is 17.8. The standard InChI is InChI=1S/C22H28S.2CH4O.Ti/c1-15-9-17(21(3,4)5)13-19(11-15)23-20-12-16(2)10-18(14-20)22(6,7)8;2*1-2;/h9-12H,1-8H3;2*2H,1H3;/q-2;;;+2. The first-order valence-electron chi connectivity index (χ1n) is 9.11. The van der Waals surface area contributed by atoms with Crippen molar-refractivity contribution in [1.82, 2.24) is 0 Å². The number of hydrogen-bond acceptors (Lipinski definition) is 3. The van der Waals surface area contributed by atoms with E-state index < -0.39 is 0 Å². The number of aliphatic hydroxyl groups excluding tert-OH is 2. The Morgan fingerprint density at radius 2 is 0.929 bits per heavy atom. The Balaban J connectivity index is 0. The van der Waals surface area contributed by atoms with Gasteiger partial charge >= 0.3 is 21.7 Å². The van der Waals surface area contributed by atoms with E-state index >= 15 is 0 Å². The zero-order valence-electron chi connectivity index (χ0n) is 19.1. The Morgan fingerprint density at radius 1 is 0.643 bits per heavy atom. The van der Waals surface area contributed by atoms with E-state index in [2.05, 4.69) is 91.8 Å². The predicted molar refractivity (Wildman–Crippen MR) is 118 cm³/mol. The molecular weight excluding hydrogens is 400 g/mol. The molecular formula is C24H36O2STi. The van der Waals surface area contributed by atoms with Crippen LogP contribution in [0.3, 0.4) is 0 Å². The second-order valence-electron chi connectivity index (χ2n) is 8.47. The van der Waals surface area contributed by atoms with Crippen LogP contribution in [0.15, 0.2) is 34.1 Å². The number of aryl methyl sites for hydroxylation is 2. The van der Waals surface area contributed by atoms with Crippen LogP contribution in [-0.4, -0.2) is 24.4 Å². The van der Waals surface area contributed by atoms with E-state index in [9.17, 15) is 0 Å². The van der Waals surface area contributed by atoms with E-state index in [1.54, 1.807) is 11.8 Å². The number of benzene rings is 2. The van der Waals surface area contributed by atoms with Crippen molar-refractivity contribution in [2.75, 3.05) is 14.2 Å². The second kappa shape index (κ2) is 12.9. The van der Waals surface area contributed by atoms with Gasteiger partial charge in [-0.1, -0.05) is 55.4 Å². The fraction of sp³-hybridized carbons (Fsp3) is 0.500. The van der Waals surface area contributed by atoms with Crippen LogP contribution in [0.25, 0.3) is 0 Å².